The minimum atomic E-state index is -3.72. The zero-order chi connectivity index (χ0) is 12.6. The van der Waals surface area contributed by atoms with Gasteiger partial charge in [-0.1, -0.05) is 22.0 Å². The number of hydrogen-bond donors (Lipinski definition) is 0. The third-order valence-electron chi connectivity index (χ3n) is 1.96. The average Bonchev–Trinajstić information content (AvgIpc) is 2.17. The first-order valence-electron chi connectivity index (χ1n) is 4.91. The van der Waals surface area contributed by atoms with Crippen molar-refractivity contribution < 1.29 is 42.7 Å². The molecule has 0 amide bonds. The molecule has 1 aromatic carbocycles. The number of hydrogen-bond acceptors (Lipinski definition) is 3. The van der Waals surface area contributed by atoms with Crippen molar-refractivity contribution in [3.8, 4) is 0 Å². The van der Waals surface area contributed by atoms with E-state index in [0.717, 1.165) is 0 Å². The summed E-state index contributed by atoms with van der Waals surface area (Å²) in [6.07, 6.45) is -0.176. The summed E-state index contributed by atoms with van der Waals surface area (Å²) < 4.78 is 33.1. The molecule has 0 aromatic heterocycles. The molecular weight excluding hydrogens is 331 g/mol. The second-order valence-corrected chi connectivity index (χ2v) is 6.23. The van der Waals surface area contributed by atoms with Crippen molar-refractivity contribution in [2.45, 2.75) is 24.8 Å². The molecule has 1 aliphatic rings. The van der Waals surface area contributed by atoms with Crippen molar-refractivity contribution in [2.24, 2.45) is 4.40 Å². The molecule has 1 heterocycles. The molecule has 0 unspecified atom stereocenters. The van der Waals surface area contributed by atoms with E-state index in [1.54, 1.807) is 26.0 Å². The summed E-state index contributed by atoms with van der Waals surface area (Å²) in [6.45, 7) is 3.56. The number of halogens is 1. The van der Waals surface area contributed by atoms with Gasteiger partial charge in [0.1, 0.15) is 6.02 Å². The Balaban J connectivity index is 0.00000162. The summed E-state index contributed by atoms with van der Waals surface area (Å²) in [5.74, 6) is 0. The quantitative estimate of drug-likeness (QED) is 0.672. The second-order valence-electron chi connectivity index (χ2n) is 3.74. The largest absolute Gasteiger partial charge is 1.00 e. The van der Waals surface area contributed by atoms with Gasteiger partial charge in [0.2, 0.25) is 10.0 Å². The zero-order valence-electron chi connectivity index (χ0n) is 10.2. The van der Waals surface area contributed by atoms with Crippen LogP contribution in [-0.2, 0) is 14.8 Å². The van der Waals surface area contributed by atoms with Crippen LogP contribution in [0.15, 0.2) is 32.0 Å². The van der Waals surface area contributed by atoms with Crippen molar-refractivity contribution in [3.63, 3.8) is 0 Å². The standard InChI is InChI=1S/C10H10BrN2O3S.Na/c1-6(2)16-10-12-8-4-3-7(11)5-9(8)17(14,15)13-10;/h3-6H,1-2H3;/q-1;+1. The summed E-state index contributed by atoms with van der Waals surface area (Å²) in [7, 11) is -3.72. The molecule has 1 aromatic rings. The van der Waals surface area contributed by atoms with E-state index in [9.17, 15) is 8.42 Å². The van der Waals surface area contributed by atoms with Crippen molar-refractivity contribution in [1.29, 1.82) is 0 Å². The fourth-order valence-corrected chi connectivity index (χ4v) is 2.88. The maximum absolute atomic E-state index is 11.9. The van der Waals surface area contributed by atoms with Crippen LogP contribution in [0.25, 0.3) is 5.32 Å². The van der Waals surface area contributed by atoms with E-state index in [4.69, 9.17) is 4.74 Å². The molecule has 1 aliphatic heterocycles. The van der Waals surface area contributed by atoms with Crippen LogP contribution >= 0.6 is 15.9 Å². The van der Waals surface area contributed by atoms with Crippen LogP contribution in [-0.4, -0.2) is 20.5 Å². The molecule has 0 fully saturated rings. The summed E-state index contributed by atoms with van der Waals surface area (Å²) >= 11 is 3.21. The number of nitrogens with zero attached hydrogens (tertiary/aromatic N) is 2. The van der Waals surface area contributed by atoms with Crippen LogP contribution in [0.2, 0.25) is 0 Å². The van der Waals surface area contributed by atoms with Gasteiger partial charge in [-0.2, -0.15) is 0 Å². The van der Waals surface area contributed by atoms with E-state index >= 15 is 0 Å². The zero-order valence-corrected chi connectivity index (χ0v) is 14.6. The molecule has 0 atom stereocenters. The van der Waals surface area contributed by atoms with Gasteiger partial charge in [0, 0.05) is 4.47 Å². The molecular formula is C10H10BrN2NaO3S. The first-order valence-corrected chi connectivity index (χ1v) is 7.15. The van der Waals surface area contributed by atoms with E-state index < -0.39 is 10.0 Å². The summed E-state index contributed by atoms with van der Waals surface area (Å²) in [4.78, 5) is 0.0861. The minimum Gasteiger partial charge on any atom is -0.498 e. The van der Waals surface area contributed by atoms with Crippen molar-refractivity contribution in [3.05, 3.63) is 28.0 Å². The normalized spacial score (nSPS) is 16.1. The van der Waals surface area contributed by atoms with Crippen molar-refractivity contribution in [2.75, 3.05) is 0 Å². The van der Waals surface area contributed by atoms with Crippen molar-refractivity contribution in [1.82, 2.24) is 0 Å². The number of benzene rings is 1. The Morgan fingerprint density at radius 1 is 1.39 bits per heavy atom. The van der Waals surface area contributed by atoms with Gasteiger partial charge in [-0.15, -0.1) is 0 Å². The minimum absolute atomic E-state index is 0. The fraction of sp³-hybridized carbons (Fsp3) is 0.300. The van der Waals surface area contributed by atoms with E-state index in [1.165, 1.54) is 6.07 Å². The topological polar surface area (TPSA) is 69.8 Å². The molecule has 0 spiro atoms. The van der Waals surface area contributed by atoms with E-state index in [-0.39, 0.29) is 46.6 Å². The molecule has 0 saturated heterocycles. The summed E-state index contributed by atoms with van der Waals surface area (Å²) in [6, 6.07) is 4.69. The first kappa shape index (κ1) is 16.0. The van der Waals surface area contributed by atoms with Crippen LogP contribution in [0.3, 0.4) is 0 Å². The van der Waals surface area contributed by atoms with Gasteiger partial charge in [0.25, 0.3) is 0 Å². The van der Waals surface area contributed by atoms with Gasteiger partial charge in [-0.3, -0.25) is 0 Å². The smallest absolute Gasteiger partial charge is 0.498 e. The molecule has 0 N–H and O–H groups in total. The van der Waals surface area contributed by atoms with E-state index in [2.05, 4.69) is 25.6 Å². The molecule has 0 saturated carbocycles. The molecule has 0 bridgehead atoms. The number of amidine groups is 1. The van der Waals surface area contributed by atoms with Gasteiger partial charge in [0.05, 0.1) is 11.0 Å². The van der Waals surface area contributed by atoms with E-state index in [0.29, 0.717) is 10.2 Å². The number of rotatable bonds is 1. The predicted octanol–water partition coefficient (Wildman–Crippen LogP) is -0.0584. The molecule has 92 valence electrons. The Labute approximate surface area is 136 Å². The van der Waals surface area contributed by atoms with Gasteiger partial charge >= 0.3 is 29.6 Å². The molecule has 8 heteroatoms. The molecule has 0 aliphatic carbocycles. The Hall–Kier alpha value is -0.0800. The van der Waals surface area contributed by atoms with Gasteiger partial charge in [-0.25, -0.2) is 8.42 Å². The van der Waals surface area contributed by atoms with Crippen LogP contribution in [0.4, 0.5) is 5.69 Å². The Morgan fingerprint density at radius 2 is 2.06 bits per heavy atom. The third kappa shape index (κ3) is 3.48. The maximum atomic E-state index is 11.9. The number of ether oxygens (including phenoxy) is 1. The Kier molecular flexibility index (Phi) is 5.25. The maximum Gasteiger partial charge on any atom is 1.00 e. The molecule has 18 heavy (non-hydrogen) atoms. The average molecular weight is 341 g/mol. The van der Waals surface area contributed by atoms with Gasteiger partial charge in [-0.05, 0) is 31.7 Å². The van der Waals surface area contributed by atoms with Gasteiger partial charge in [0.15, 0.2) is 0 Å². The third-order valence-corrected chi connectivity index (χ3v) is 3.73. The second kappa shape index (κ2) is 5.92. The Bertz CT molecular complexity index is 587. The van der Waals surface area contributed by atoms with Crippen LogP contribution < -0.4 is 29.6 Å². The SMILES string of the molecule is CC(C)OC1=NS(=O)(=O)c2cc(Br)ccc2[N-]1.[Na+]. The molecule has 2 rings (SSSR count). The predicted molar refractivity (Wildman–Crippen MR) is 68.0 cm³/mol. The van der Waals surface area contributed by atoms with Crippen molar-refractivity contribution >= 4 is 37.7 Å². The Morgan fingerprint density at radius 3 is 2.67 bits per heavy atom. The molecule has 5 nitrogen and oxygen atoms in total. The van der Waals surface area contributed by atoms with Crippen LogP contribution in [0, 0.1) is 0 Å². The number of fused-ring (bicyclic) bond motifs is 1. The summed E-state index contributed by atoms with van der Waals surface area (Å²) in [5, 5.41) is 4.05. The van der Waals surface area contributed by atoms with E-state index in [1.807, 2.05) is 0 Å². The summed E-state index contributed by atoms with van der Waals surface area (Å²) in [5.41, 5.74) is 0.346. The monoisotopic (exact) mass is 340 g/mol. The molecule has 0 radical (unpaired) electrons. The van der Waals surface area contributed by atoms with Crippen LogP contribution in [0.1, 0.15) is 13.8 Å². The van der Waals surface area contributed by atoms with Gasteiger partial charge < -0.3 is 14.5 Å². The number of sulfonamides is 1. The fourth-order valence-electron chi connectivity index (χ4n) is 1.32. The van der Waals surface area contributed by atoms with Crippen LogP contribution in [0.5, 0.6) is 0 Å². The first-order chi connectivity index (χ1) is 7.88.